The number of likely N-dealkylation sites (N-methyl/N-ethyl adjacent to an activating group) is 1. The molecule has 4 unspecified atom stereocenters. The van der Waals surface area contributed by atoms with Gasteiger partial charge in [-0.15, -0.1) is 0 Å². The van der Waals surface area contributed by atoms with Gasteiger partial charge in [-0.25, -0.2) is 0 Å². The maximum absolute atomic E-state index is 14.0. The molecular weight excluding hydrogens is 1000 g/mol. The lowest BCUT2D eigenvalue weighted by Crippen LogP contribution is -2.55. The van der Waals surface area contributed by atoms with Gasteiger partial charge in [0.15, 0.2) is 12.6 Å². The number of fused-ring (bicyclic) bond motifs is 5. The van der Waals surface area contributed by atoms with Crippen LogP contribution in [0.4, 0.5) is 0 Å². The van der Waals surface area contributed by atoms with Crippen LogP contribution >= 0.6 is 0 Å². The van der Waals surface area contributed by atoms with E-state index in [0.29, 0.717) is 49.5 Å². The highest BCUT2D eigenvalue weighted by Crippen LogP contribution is 2.67. The summed E-state index contributed by atoms with van der Waals surface area (Å²) in [6, 6.07) is 0. The van der Waals surface area contributed by atoms with Crippen LogP contribution in [0.1, 0.15) is 179 Å². The van der Waals surface area contributed by atoms with Gasteiger partial charge >= 0.3 is 0 Å². The number of allylic oxidation sites excluding steroid dienone is 10. The molecule has 0 aromatic heterocycles. The van der Waals surface area contributed by atoms with Gasteiger partial charge in [-0.2, -0.15) is 0 Å². The molecule has 0 radical (unpaired) electrons. The van der Waals surface area contributed by atoms with Gasteiger partial charge in [0.25, 0.3) is 0 Å². The van der Waals surface area contributed by atoms with Crippen molar-refractivity contribution in [1.82, 2.24) is 20.4 Å². The number of nitrogens with zero attached hydrogens (tertiary/aromatic N) is 2. The molecule has 5 aliphatic carbocycles. The lowest BCUT2D eigenvalue weighted by molar-refractivity contribution is -0.288. The molecule has 0 aromatic carbocycles. The highest BCUT2D eigenvalue weighted by molar-refractivity contribution is 5.88. The van der Waals surface area contributed by atoms with Gasteiger partial charge in [-0.1, -0.05) is 135 Å². The van der Waals surface area contributed by atoms with E-state index < -0.39 is 36.8 Å². The first kappa shape index (κ1) is 66.6. The summed E-state index contributed by atoms with van der Waals surface area (Å²) in [6.45, 7) is 34.8. The van der Waals surface area contributed by atoms with E-state index in [1.165, 1.54) is 102 Å². The summed E-state index contributed by atoms with van der Waals surface area (Å²) in [4.78, 5) is 18.3. The minimum Gasteiger partial charge on any atom is -0.390 e. The molecule has 12 heteroatoms. The third-order valence-corrected chi connectivity index (χ3v) is 20.9. The largest absolute Gasteiger partial charge is 0.390 e. The predicted molar refractivity (Wildman–Crippen MR) is 327 cm³/mol. The molecule has 3 saturated carbocycles. The zero-order valence-electron chi connectivity index (χ0n) is 52.7. The van der Waals surface area contributed by atoms with Crippen molar-refractivity contribution in [2.45, 2.75) is 216 Å². The number of ether oxygens (including phenoxy) is 4. The van der Waals surface area contributed by atoms with Crippen LogP contribution in [0.25, 0.3) is 0 Å². The molecule has 6 aliphatic rings. The molecule has 1 heterocycles. The molecule has 14 atom stereocenters. The molecular formula is C68H116N4O8. The quantitative estimate of drug-likeness (QED) is 0.0149. The SMILES string of the molecule is CCN(CCNCCOC1CC[C@@]2(C)C(=CC[C@H]3[C@@H]4CC[C@H]([C@H](C)CCCC(C)C)[C@@]4(C)CC[C@@H]32)C1)CCN(CCNCCC(O)OCC1OC(OC)[C@@H](O)[C@@H](O)[C@H]1C)C(=O)\C=C(C)/C=C/C=C(C)\C=C\C1=C(C)CCCC1(C)C. The average molecular weight is 1120 g/mol. The third-order valence-electron chi connectivity index (χ3n) is 20.9. The second kappa shape index (κ2) is 31.6. The number of aliphatic hydroxyl groups is 3. The molecule has 0 aromatic rings. The predicted octanol–water partition coefficient (Wildman–Crippen LogP) is 11.7. The van der Waals surface area contributed by atoms with E-state index in [2.05, 4.69) is 109 Å². The Morgan fingerprint density at radius 3 is 2.39 bits per heavy atom. The summed E-state index contributed by atoms with van der Waals surface area (Å²) >= 11 is 0. The van der Waals surface area contributed by atoms with Crippen molar-refractivity contribution < 1.29 is 39.1 Å². The van der Waals surface area contributed by atoms with Crippen molar-refractivity contribution in [2.75, 3.05) is 79.2 Å². The number of hydrogen-bond donors (Lipinski definition) is 5. The van der Waals surface area contributed by atoms with E-state index in [-0.39, 0.29) is 17.9 Å². The molecule has 456 valence electrons. The molecule has 4 fully saturated rings. The van der Waals surface area contributed by atoms with Crippen LogP contribution in [0.5, 0.6) is 0 Å². The van der Waals surface area contributed by atoms with E-state index in [1.54, 1.807) is 18.6 Å². The van der Waals surface area contributed by atoms with E-state index in [0.717, 1.165) is 92.4 Å². The van der Waals surface area contributed by atoms with Crippen molar-refractivity contribution in [1.29, 1.82) is 0 Å². The first-order valence-corrected chi connectivity index (χ1v) is 32.1. The Labute approximate surface area is 487 Å². The normalized spacial score (nSPS) is 32.9. The molecule has 12 nitrogen and oxygen atoms in total. The summed E-state index contributed by atoms with van der Waals surface area (Å²) in [5.41, 5.74) is 7.76. The number of nitrogens with one attached hydrogen (secondary N) is 2. The Hall–Kier alpha value is -2.49. The average Bonchev–Trinajstić information content (AvgIpc) is 3.93. The van der Waals surface area contributed by atoms with Gasteiger partial charge in [0.05, 0.1) is 31.5 Å². The molecule has 0 spiro atoms. The number of amides is 1. The summed E-state index contributed by atoms with van der Waals surface area (Å²) in [5, 5.41) is 38.4. The minimum absolute atomic E-state index is 0.0251. The van der Waals surface area contributed by atoms with Gasteiger partial charge in [-0.3, -0.25) is 4.79 Å². The molecule has 5 N–H and O–H groups in total. The molecule has 80 heavy (non-hydrogen) atoms. The van der Waals surface area contributed by atoms with Crippen LogP contribution in [0.3, 0.4) is 0 Å². The number of aliphatic hydroxyl groups excluding tert-OH is 3. The van der Waals surface area contributed by atoms with Gasteiger partial charge in [0.2, 0.25) is 5.91 Å². The number of rotatable bonds is 31. The molecule has 6 rings (SSSR count). The van der Waals surface area contributed by atoms with Gasteiger partial charge in [0, 0.05) is 77.9 Å². The van der Waals surface area contributed by atoms with Crippen LogP contribution in [0.2, 0.25) is 0 Å². The maximum Gasteiger partial charge on any atom is 0.246 e. The second-order valence-electron chi connectivity index (χ2n) is 27.4. The summed E-state index contributed by atoms with van der Waals surface area (Å²) in [5.74, 6) is 4.74. The Balaban J connectivity index is 0.945. The fourth-order valence-corrected chi connectivity index (χ4v) is 15.8. The highest BCUT2D eigenvalue weighted by atomic mass is 16.7. The maximum atomic E-state index is 14.0. The number of hydrogen-bond acceptors (Lipinski definition) is 11. The molecule has 1 aliphatic heterocycles. The third kappa shape index (κ3) is 18.0. The fraction of sp³-hybridized carbons (Fsp3) is 0.809. The van der Waals surface area contributed by atoms with E-state index in [9.17, 15) is 20.1 Å². The second-order valence-corrected chi connectivity index (χ2v) is 27.4. The minimum atomic E-state index is -1.15. The first-order valence-electron chi connectivity index (χ1n) is 32.1. The lowest BCUT2D eigenvalue weighted by atomic mass is 9.47. The van der Waals surface area contributed by atoms with Gasteiger partial charge in [0.1, 0.15) is 6.10 Å². The van der Waals surface area contributed by atoms with Gasteiger partial charge in [-0.05, 0) is 161 Å². The van der Waals surface area contributed by atoms with Crippen molar-refractivity contribution in [3.8, 4) is 0 Å². The van der Waals surface area contributed by atoms with Crippen LogP contribution in [-0.2, 0) is 23.7 Å². The van der Waals surface area contributed by atoms with Crippen molar-refractivity contribution in [2.24, 2.45) is 57.7 Å². The standard InChI is InChI=1S/C68H116N4O8/c1-14-71(39-36-70-38-43-78-54-29-33-67(11)53(45-54)24-25-55-58-28-27-57(51(7)21-15-18-47(2)3)68(58,12)34-30-59(55)67)41-42-72(40-37-69-35-31-62(74)79-46-60-52(8)63(75)64(76)65(77-13)80-60)61(73)44-49(5)20-16-19-48(4)23-26-56-50(6)22-17-32-66(56,9)10/h16,19-20,23-24,26,44,47,51-52,54-55,57-60,62-65,69-70,74-76H,14-15,17-18,21-22,25,27-43,45-46H2,1-13H3/b20-16+,26-23+,48-19-,49-44-/t51-,52+,54?,55+,57-,58+,59+,60?,62?,63+,64+,65?,67+,68-/m1/s1. The zero-order chi connectivity index (χ0) is 58.2. The van der Waals surface area contributed by atoms with E-state index in [1.807, 2.05) is 24.0 Å². The number of carbonyl (C=O) groups is 1. The van der Waals surface area contributed by atoms with E-state index >= 15 is 0 Å². The smallest absolute Gasteiger partial charge is 0.246 e. The van der Waals surface area contributed by atoms with Crippen LogP contribution in [0.15, 0.2) is 70.4 Å². The Bertz CT molecular complexity index is 2110. The first-order chi connectivity index (χ1) is 38.1. The van der Waals surface area contributed by atoms with E-state index in [4.69, 9.17) is 18.9 Å². The fourth-order valence-electron chi connectivity index (χ4n) is 15.8. The van der Waals surface area contributed by atoms with Crippen molar-refractivity contribution in [3.63, 3.8) is 0 Å². The number of carbonyl (C=O) groups excluding carboxylic acids is 1. The van der Waals surface area contributed by atoms with Gasteiger partial charge < -0.3 is 54.7 Å². The molecule has 1 saturated heterocycles. The molecule has 1 amide bonds. The Morgan fingerprint density at radius 1 is 0.887 bits per heavy atom. The van der Waals surface area contributed by atoms with Crippen LogP contribution in [0, 0.1) is 57.7 Å². The summed E-state index contributed by atoms with van der Waals surface area (Å²) < 4.78 is 23.3. The Kier molecular flexibility index (Phi) is 26.3. The van der Waals surface area contributed by atoms with Crippen molar-refractivity contribution in [3.05, 3.63) is 70.4 Å². The highest BCUT2D eigenvalue weighted by Gasteiger charge is 2.59. The van der Waals surface area contributed by atoms with Crippen LogP contribution < -0.4 is 10.6 Å². The lowest BCUT2D eigenvalue weighted by Gasteiger charge is -2.58. The Morgan fingerprint density at radius 2 is 1.65 bits per heavy atom. The zero-order valence-corrected chi connectivity index (χ0v) is 52.7. The topological polar surface area (TPSA) is 145 Å². The summed E-state index contributed by atoms with van der Waals surface area (Å²) in [7, 11) is 1.41. The van der Waals surface area contributed by atoms with Crippen LogP contribution in [-0.4, -0.2) is 147 Å². The van der Waals surface area contributed by atoms with Crippen molar-refractivity contribution >= 4 is 5.91 Å². The monoisotopic (exact) mass is 1120 g/mol. The molecule has 0 bridgehead atoms. The summed E-state index contributed by atoms with van der Waals surface area (Å²) in [6.07, 6.45) is 29.4. The number of methoxy groups -OCH3 is 1.